The van der Waals surface area contributed by atoms with Crippen molar-refractivity contribution in [2.45, 2.75) is 62.7 Å². The maximum absolute atomic E-state index is 13.2. The summed E-state index contributed by atoms with van der Waals surface area (Å²) < 4.78 is 13.2. The molecule has 2 aliphatic heterocycles. The SMILES string of the molecule is O=[PH](C1CCC2CCNCC2C1)C1CCC2CCNCC2C1. The van der Waals surface area contributed by atoms with Crippen LogP contribution in [-0.4, -0.2) is 37.5 Å². The third kappa shape index (κ3) is 3.19. The van der Waals surface area contributed by atoms with Crippen LogP contribution in [0.4, 0.5) is 0 Å². The first-order valence-corrected chi connectivity index (χ1v) is 11.3. The Kier molecular flexibility index (Phi) is 4.95. The Morgan fingerprint density at radius 2 is 1.14 bits per heavy atom. The minimum Gasteiger partial charge on any atom is -0.326 e. The molecule has 2 N–H and O–H groups in total. The van der Waals surface area contributed by atoms with Crippen molar-refractivity contribution in [2.24, 2.45) is 23.7 Å². The van der Waals surface area contributed by atoms with Crippen molar-refractivity contribution < 1.29 is 4.57 Å². The number of nitrogens with one attached hydrogen (secondary N) is 2. The van der Waals surface area contributed by atoms with Crippen molar-refractivity contribution in [2.75, 3.05) is 26.2 Å². The molecule has 0 spiro atoms. The first kappa shape index (κ1) is 15.7. The molecule has 4 fully saturated rings. The van der Waals surface area contributed by atoms with Gasteiger partial charge in [0.25, 0.3) is 0 Å². The Morgan fingerprint density at radius 3 is 1.64 bits per heavy atom. The molecule has 2 aliphatic carbocycles. The molecule has 0 amide bonds. The van der Waals surface area contributed by atoms with Crippen molar-refractivity contribution in [3.05, 3.63) is 0 Å². The maximum atomic E-state index is 13.2. The molecule has 22 heavy (non-hydrogen) atoms. The molecule has 0 aromatic carbocycles. The van der Waals surface area contributed by atoms with Gasteiger partial charge in [0.1, 0.15) is 0 Å². The van der Waals surface area contributed by atoms with Gasteiger partial charge in [-0.15, -0.1) is 0 Å². The molecule has 0 aromatic heterocycles. The Bertz CT molecular complexity index is 380. The van der Waals surface area contributed by atoms with E-state index in [2.05, 4.69) is 10.6 Å². The zero-order chi connectivity index (χ0) is 14.9. The normalized spacial score (nSPS) is 47.3. The highest BCUT2D eigenvalue weighted by atomic mass is 31.1. The molecular formula is C18H33N2OP. The van der Waals surface area contributed by atoms with Crippen molar-refractivity contribution in [1.82, 2.24) is 10.6 Å². The van der Waals surface area contributed by atoms with Crippen LogP contribution in [0, 0.1) is 23.7 Å². The van der Waals surface area contributed by atoms with Crippen LogP contribution >= 0.6 is 7.80 Å². The smallest absolute Gasteiger partial charge is 0.0820 e. The first-order chi connectivity index (χ1) is 10.8. The van der Waals surface area contributed by atoms with Gasteiger partial charge >= 0.3 is 0 Å². The summed E-state index contributed by atoms with van der Waals surface area (Å²) >= 11 is 0. The highest BCUT2D eigenvalue weighted by molar-refractivity contribution is 7.46. The van der Waals surface area contributed by atoms with Gasteiger partial charge in [0.05, 0.1) is 7.80 Å². The second kappa shape index (κ2) is 6.95. The van der Waals surface area contributed by atoms with Crippen LogP contribution in [0.15, 0.2) is 0 Å². The van der Waals surface area contributed by atoms with Crippen LogP contribution in [0.25, 0.3) is 0 Å². The molecule has 4 aliphatic rings. The van der Waals surface area contributed by atoms with E-state index in [0.29, 0.717) is 11.3 Å². The van der Waals surface area contributed by atoms with Crippen LogP contribution in [0.3, 0.4) is 0 Å². The summed E-state index contributed by atoms with van der Waals surface area (Å²) in [6.45, 7) is 4.80. The molecule has 2 saturated heterocycles. The van der Waals surface area contributed by atoms with Crippen LogP contribution in [-0.2, 0) is 4.57 Å². The van der Waals surface area contributed by atoms with Gasteiger partial charge in [-0.25, -0.2) is 0 Å². The van der Waals surface area contributed by atoms with E-state index in [1.165, 1.54) is 77.5 Å². The lowest BCUT2D eigenvalue weighted by molar-refractivity contribution is 0.179. The van der Waals surface area contributed by atoms with Crippen LogP contribution in [0.5, 0.6) is 0 Å². The standard InChI is InChI=1S/C18H33N2OP/c21-22(17-3-1-13-5-7-19-11-15(13)9-17)18-4-2-14-6-8-20-12-16(14)10-18/h13-20,22H,1-12H2. The highest BCUT2D eigenvalue weighted by Crippen LogP contribution is 2.52. The number of hydrogen-bond donors (Lipinski definition) is 2. The molecule has 0 radical (unpaired) electrons. The zero-order valence-corrected chi connectivity index (χ0v) is 14.9. The summed E-state index contributed by atoms with van der Waals surface area (Å²) in [5.74, 6) is 3.53. The minimum atomic E-state index is -1.40. The van der Waals surface area contributed by atoms with Crippen LogP contribution < -0.4 is 10.6 Å². The Balaban J connectivity index is 1.35. The summed E-state index contributed by atoms with van der Waals surface area (Å²) in [5, 5.41) is 7.12. The van der Waals surface area contributed by atoms with Crippen LogP contribution in [0.1, 0.15) is 51.4 Å². The highest BCUT2D eigenvalue weighted by Gasteiger charge is 2.39. The van der Waals surface area contributed by atoms with Crippen molar-refractivity contribution in [3.63, 3.8) is 0 Å². The molecule has 0 bridgehead atoms. The predicted molar refractivity (Wildman–Crippen MR) is 93.2 cm³/mol. The van der Waals surface area contributed by atoms with Crippen LogP contribution in [0.2, 0.25) is 0 Å². The molecule has 2 heterocycles. The second-order valence-corrected chi connectivity index (χ2v) is 10.9. The third-order valence-electron chi connectivity index (χ3n) is 7.28. The summed E-state index contributed by atoms with van der Waals surface area (Å²) in [5.41, 5.74) is 1.15. The average molecular weight is 324 g/mol. The molecule has 4 rings (SSSR count). The monoisotopic (exact) mass is 324 g/mol. The van der Waals surface area contributed by atoms with E-state index in [1.54, 1.807) is 0 Å². The van der Waals surface area contributed by atoms with Gasteiger partial charge in [-0.05, 0) is 101 Å². The average Bonchev–Trinajstić information content (AvgIpc) is 2.60. The number of fused-ring (bicyclic) bond motifs is 2. The van der Waals surface area contributed by atoms with Gasteiger partial charge in [0.15, 0.2) is 0 Å². The molecule has 0 aromatic rings. The Morgan fingerprint density at radius 1 is 0.636 bits per heavy atom. The first-order valence-electron chi connectivity index (χ1n) is 9.76. The van der Waals surface area contributed by atoms with E-state index in [-0.39, 0.29) is 0 Å². The number of hydrogen-bond acceptors (Lipinski definition) is 3. The van der Waals surface area contributed by atoms with E-state index in [9.17, 15) is 4.57 Å². The maximum Gasteiger partial charge on any atom is 0.0820 e. The van der Waals surface area contributed by atoms with Crippen molar-refractivity contribution >= 4 is 7.80 Å². The van der Waals surface area contributed by atoms with Gasteiger partial charge in [0, 0.05) is 11.3 Å². The van der Waals surface area contributed by atoms with Crippen molar-refractivity contribution in [1.29, 1.82) is 0 Å². The van der Waals surface area contributed by atoms with Gasteiger partial charge < -0.3 is 15.2 Å². The molecule has 3 nitrogen and oxygen atoms in total. The Hall–Kier alpha value is 0.150. The minimum absolute atomic E-state index is 0.573. The lowest BCUT2D eigenvalue weighted by Crippen LogP contribution is -2.42. The van der Waals surface area contributed by atoms with Crippen molar-refractivity contribution in [3.8, 4) is 0 Å². The van der Waals surface area contributed by atoms with Gasteiger partial charge in [-0.3, -0.25) is 0 Å². The fourth-order valence-electron chi connectivity index (χ4n) is 5.91. The number of piperidine rings is 2. The van der Waals surface area contributed by atoms with E-state index in [0.717, 1.165) is 23.7 Å². The largest absolute Gasteiger partial charge is 0.326 e. The Labute approximate surface area is 136 Å². The summed E-state index contributed by atoms with van der Waals surface area (Å²) in [7, 11) is -1.40. The lowest BCUT2D eigenvalue weighted by Gasteiger charge is -2.43. The fraction of sp³-hybridized carbons (Fsp3) is 1.00. The second-order valence-electron chi connectivity index (χ2n) is 8.45. The molecule has 126 valence electrons. The molecule has 6 unspecified atom stereocenters. The van der Waals surface area contributed by atoms with Gasteiger partial charge in [-0.1, -0.05) is 0 Å². The molecule has 4 heteroatoms. The van der Waals surface area contributed by atoms with Gasteiger partial charge in [-0.2, -0.15) is 0 Å². The van der Waals surface area contributed by atoms with E-state index in [4.69, 9.17) is 0 Å². The topological polar surface area (TPSA) is 41.1 Å². The van der Waals surface area contributed by atoms with E-state index >= 15 is 0 Å². The third-order valence-corrected chi connectivity index (χ3v) is 9.94. The van der Waals surface area contributed by atoms with Gasteiger partial charge in [0.2, 0.25) is 0 Å². The quantitative estimate of drug-likeness (QED) is 0.767. The fourth-order valence-corrected chi connectivity index (χ4v) is 8.55. The van der Waals surface area contributed by atoms with E-state index in [1.807, 2.05) is 0 Å². The van der Waals surface area contributed by atoms with E-state index < -0.39 is 7.80 Å². The lowest BCUT2D eigenvalue weighted by atomic mass is 9.75. The summed E-state index contributed by atoms with van der Waals surface area (Å²) in [6.07, 6.45) is 10.5. The summed E-state index contributed by atoms with van der Waals surface area (Å²) in [6, 6.07) is 0. The molecular weight excluding hydrogens is 291 g/mol. The number of rotatable bonds is 2. The predicted octanol–water partition coefficient (Wildman–Crippen LogP) is 3.10. The molecule has 2 saturated carbocycles. The summed E-state index contributed by atoms with van der Waals surface area (Å²) in [4.78, 5) is 0. The molecule has 6 atom stereocenters. The zero-order valence-electron chi connectivity index (χ0n) is 13.9.